The molecule has 0 fully saturated rings. The van der Waals surface area contributed by atoms with Crippen molar-refractivity contribution < 1.29 is 9.47 Å². The van der Waals surface area contributed by atoms with Gasteiger partial charge in [-0.3, -0.25) is 0 Å². The van der Waals surface area contributed by atoms with Crippen LogP contribution in [0.2, 0.25) is 0 Å². The zero-order valence-electron chi connectivity index (χ0n) is 19.6. The van der Waals surface area contributed by atoms with Gasteiger partial charge in [-0.25, -0.2) is 0 Å². The molecule has 0 amide bonds. The van der Waals surface area contributed by atoms with Crippen molar-refractivity contribution in [3.05, 3.63) is 108 Å². The molecule has 0 saturated carbocycles. The molecule has 0 radical (unpaired) electrons. The number of hydrogen-bond acceptors (Lipinski definition) is 2. The number of ether oxygens (including phenoxy) is 2. The highest BCUT2D eigenvalue weighted by molar-refractivity contribution is 6.98. The summed E-state index contributed by atoms with van der Waals surface area (Å²) >= 11 is 0. The van der Waals surface area contributed by atoms with Crippen LogP contribution in [0, 0.1) is 0 Å². The molecule has 6 rings (SSSR count). The van der Waals surface area contributed by atoms with Crippen LogP contribution in [0.15, 0.2) is 103 Å². The highest BCUT2D eigenvalue weighted by Gasteiger charge is 2.41. The standard InChI is InChI=1S/C31H25BO2/c1-4-10-23(20(2)3)24-16-18-29-30-31(24)34-27-14-9-8-13-25(27)32(30)26-19-22(15-17-28(26)33-29)21-11-6-5-7-12-21/h4-19H,1-3H3/b10-4-. The first-order chi connectivity index (χ1) is 16.7. The van der Waals surface area contributed by atoms with E-state index in [-0.39, 0.29) is 6.71 Å². The van der Waals surface area contributed by atoms with E-state index < -0.39 is 0 Å². The van der Waals surface area contributed by atoms with Crippen molar-refractivity contribution in [2.24, 2.45) is 0 Å². The molecule has 2 nitrogen and oxygen atoms in total. The average molecular weight is 440 g/mol. The summed E-state index contributed by atoms with van der Waals surface area (Å²) in [6.45, 7) is 6.39. The summed E-state index contributed by atoms with van der Waals surface area (Å²) in [5.41, 5.74) is 9.37. The lowest BCUT2D eigenvalue weighted by molar-refractivity contribution is 0.463. The zero-order chi connectivity index (χ0) is 23.2. The molecule has 2 aliphatic rings. The predicted molar refractivity (Wildman–Crippen MR) is 143 cm³/mol. The van der Waals surface area contributed by atoms with E-state index in [1.54, 1.807) is 0 Å². The van der Waals surface area contributed by atoms with E-state index in [4.69, 9.17) is 9.47 Å². The van der Waals surface area contributed by atoms with Crippen LogP contribution in [0.4, 0.5) is 0 Å². The van der Waals surface area contributed by atoms with Crippen LogP contribution in [0.5, 0.6) is 23.0 Å². The Morgan fingerprint density at radius 1 is 0.706 bits per heavy atom. The van der Waals surface area contributed by atoms with E-state index in [0.29, 0.717) is 0 Å². The van der Waals surface area contributed by atoms with Crippen LogP contribution in [0.3, 0.4) is 0 Å². The molecule has 164 valence electrons. The summed E-state index contributed by atoms with van der Waals surface area (Å²) in [7, 11) is 0. The third-order valence-electron chi connectivity index (χ3n) is 6.70. The number of hydrogen-bond donors (Lipinski definition) is 0. The molecule has 0 unspecified atom stereocenters. The third-order valence-corrected chi connectivity index (χ3v) is 6.70. The van der Waals surface area contributed by atoms with Gasteiger partial charge in [0.2, 0.25) is 0 Å². The maximum atomic E-state index is 6.61. The summed E-state index contributed by atoms with van der Waals surface area (Å²) in [5.74, 6) is 3.58. The molecule has 0 aliphatic carbocycles. The SMILES string of the molecule is C/C=C\C(=C(C)C)c1ccc2c3c1Oc1ccccc1B3c1cc(-c3ccccc3)ccc1O2. The van der Waals surface area contributed by atoms with Crippen molar-refractivity contribution in [2.75, 3.05) is 0 Å². The number of rotatable bonds is 3. The maximum absolute atomic E-state index is 6.61. The van der Waals surface area contributed by atoms with Crippen LogP contribution in [0.25, 0.3) is 16.7 Å². The van der Waals surface area contributed by atoms with E-state index in [9.17, 15) is 0 Å². The number of fused-ring (bicyclic) bond motifs is 4. The quantitative estimate of drug-likeness (QED) is 0.233. The fourth-order valence-electron chi connectivity index (χ4n) is 5.15. The molecule has 34 heavy (non-hydrogen) atoms. The van der Waals surface area contributed by atoms with Gasteiger partial charge < -0.3 is 9.47 Å². The molecule has 2 heterocycles. The lowest BCUT2D eigenvalue weighted by Gasteiger charge is -2.34. The maximum Gasteiger partial charge on any atom is 0.260 e. The molecule has 0 bridgehead atoms. The first-order valence-corrected chi connectivity index (χ1v) is 11.8. The molecule has 0 atom stereocenters. The summed E-state index contributed by atoms with van der Waals surface area (Å²) in [6.07, 6.45) is 4.25. The Balaban J connectivity index is 1.62. The Morgan fingerprint density at radius 3 is 2.24 bits per heavy atom. The van der Waals surface area contributed by atoms with E-state index >= 15 is 0 Å². The second-order valence-electron chi connectivity index (χ2n) is 9.06. The van der Waals surface area contributed by atoms with Gasteiger partial charge >= 0.3 is 0 Å². The van der Waals surface area contributed by atoms with E-state index in [0.717, 1.165) is 34.0 Å². The van der Waals surface area contributed by atoms with Gasteiger partial charge in [-0.1, -0.05) is 78.4 Å². The van der Waals surface area contributed by atoms with Crippen molar-refractivity contribution in [1.82, 2.24) is 0 Å². The van der Waals surface area contributed by atoms with Crippen LogP contribution in [0.1, 0.15) is 26.3 Å². The van der Waals surface area contributed by atoms with Crippen molar-refractivity contribution in [1.29, 1.82) is 0 Å². The van der Waals surface area contributed by atoms with Crippen molar-refractivity contribution in [3.8, 4) is 34.1 Å². The molecule has 2 aliphatic heterocycles. The molecule has 0 spiro atoms. The van der Waals surface area contributed by atoms with Gasteiger partial charge in [0, 0.05) is 11.0 Å². The lowest BCUT2D eigenvalue weighted by Crippen LogP contribution is -2.57. The van der Waals surface area contributed by atoms with E-state index in [1.807, 2.05) is 6.07 Å². The Morgan fingerprint density at radius 2 is 1.44 bits per heavy atom. The molecule has 0 N–H and O–H groups in total. The molecule has 0 aromatic heterocycles. The summed E-state index contributed by atoms with van der Waals surface area (Å²) in [4.78, 5) is 0. The predicted octanol–water partition coefficient (Wildman–Crippen LogP) is 6.45. The van der Waals surface area contributed by atoms with Crippen molar-refractivity contribution >= 4 is 28.7 Å². The summed E-state index contributed by atoms with van der Waals surface area (Å²) < 4.78 is 13.1. The van der Waals surface area contributed by atoms with Crippen LogP contribution in [-0.2, 0) is 0 Å². The van der Waals surface area contributed by atoms with Crippen LogP contribution >= 0.6 is 0 Å². The topological polar surface area (TPSA) is 18.5 Å². The fourth-order valence-corrected chi connectivity index (χ4v) is 5.15. The molecule has 0 saturated heterocycles. The Kier molecular flexibility index (Phi) is 4.92. The monoisotopic (exact) mass is 440 g/mol. The Hall–Kier alpha value is -3.98. The minimum absolute atomic E-state index is 0.0475. The minimum Gasteiger partial charge on any atom is -0.458 e. The normalized spacial score (nSPS) is 12.9. The largest absolute Gasteiger partial charge is 0.458 e. The van der Waals surface area contributed by atoms with Crippen LogP contribution in [-0.4, -0.2) is 6.71 Å². The Labute approximate surface area is 201 Å². The minimum atomic E-state index is 0.0475. The highest BCUT2D eigenvalue weighted by atomic mass is 16.5. The van der Waals surface area contributed by atoms with Gasteiger partial charge in [0.25, 0.3) is 6.71 Å². The lowest BCUT2D eigenvalue weighted by atomic mass is 9.34. The number of allylic oxidation sites excluding steroid dienone is 4. The summed E-state index contributed by atoms with van der Waals surface area (Å²) in [5, 5.41) is 0. The van der Waals surface area contributed by atoms with Crippen LogP contribution < -0.4 is 25.9 Å². The van der Waals surface area contributed by atoms with Gasteiger partial charge in [-0.05, 0) is 72.7 Å². The highest BCUT2D eigenvalue weighted by Crippen LogP contribution is 2.40. The van der Waals surface area contributed by atoms with Gasteiger partial charge in [0.1, 0.15) is 23.0 Å². The molecular weight excluding hydrogens is 415 g/mol. The second kappa shape index (κ2) is 8.11. The molecule has 3 heteroatoms. The first kappa shape index (κ1) is 20.6. The first-order valence-electron chi connectivity index (χ1n) is 11.8. The van der Waals surface area contributed by atoms with Gasteiger partial charge in [-0.15, -0.1) is 0 Å². The zero-order valence-corrected chi connectivity index (χ0v) is 19.6. The van der Waals surface area contributed by atoms with Gasteiger partial charge in [0.15, 0.2) is 0 Å². The number of para-hydroxylation sites is 1. The smallest absolute Gasteiger partial charge is 0.260 e. The molecule has 4 aromatic rings. The van der Waals surface area contributed by atoms with Gasteiger partial charge in [-0.2, -0.15) is 0 Å². The average Bonchev–Trinajstić information content (AvgIpc) is 2.87. The summed E-state index contributed by atoms with van der Waals surface area (Å²) in [6, 6.07) is 29.7. The van der Waals surface area contributed by atoms with E-state index in [2.05, 4.69) is 112 Å². The third kappa shape index (κ3) is 3.20. The van der Waals surface area contributed by atoms with E-state index in [1.165, 1.54) is 33.2 Å². The number of benzene rings is 4. The second-order valence-corrected chi connectivity index (χ2v) is 9.06. The van der Waals surface area contributed by atoms with Gasteiger partial charge in [0.05, 0.1) is 0 Å². The molecular formula is C31H25BO2. The Bertz CT molecular complexity index is 1480. The van der Waals surface area contributed by atoms with Crippen molar-refractivity contribution in [3.63, 3.8) is 0 Å². The van der Waals surface area contributed by atoms with Crippen molar-refractivity contribution in [2.45, 2.75) is 20.8 Å². The fraction of sp³-hybridized carbons (Fsp3) is 0.0968. The molecule has 4 aromatic carbocycles.